The molecule has 0 aromatic carbocycles. The first-order valence-corrected chi connectivity index (χ1v) is 3.74. The Kier molecular flexibility index (Phi) is 2.73. The molecule has 0 aliphatic carbocycles. The Morgan fingerprint density at radius 3 is 3.10 bits per heavy atom. The first kappa shape index (κ1) is 7.59. The third-order valence-electron chi connectivity index (χ3n) is 1.86. The number of rotatable bonds is 1. The molecular weight excluding hydrogens is 124 g/mol. The van der Waals surface area contributed by atoms with E-state index in [4.69, 9.17) is 12.2 Å². The summed E-state index contributed by atoms with van der Waals surface area (Å²) in [6.45, 7) is 2.86. The van der Waals surface area contributed by atoms with Crippen molar-refractivity contribution in [2.24, 2.45) is 5.73 Å². The van der Waals surface area contributed by atoms with Gasteiger partial charge in [-0.25, -0.2) is 0 Å². The van der Waals surface area contributed by atoms with Crippen molar-refractivity contribution in [2.45, 2.75) is 18.9 Å². The van der Waals surface area contributed by atoms with Crippen LogP contribution >= 0.6 is 0 Å². The number of hydrogen-bond donors (Lipinski definition) is 1. The predicted octanol–water partition coefficient (Wildman–Crippen LogP) is 0.0427. The third-order valence-corrected chi connectivity index (χ3v) is 1.86. The van der Waals surface area contributed by atoms with Gasteiger partial charge in [-0.15, -0.1) is 6.42 Å². The summed E-state index contributed by atoms with van der Waals surface area (Å²) in [5.41, 5.74) is 5.75. The van der Waals surface area contributed by atoms with Crippen LogP contribution in [0.1, 0.15) is 12.8 Å². The second-order valence-corrected chi connectivity index (χ2v) is 2.84. The van der Waals surface area contributed by atoms with Crippen molar-refractivity contribution in [3.8, 4) is 12.3 Å². The van der Waals surface area contributed by atoms with Crippen LogP contribution in [0.5, 0.6) is 0 Å². The van der Waals surface area contributed by atoms with E-state index >= 15 is 0 Å². The molecule has 1 heterocycles. The summed E-state index contributed by atoms with van der Waals surface area (Å²) < 4.78 is 0. The zero-order valence-electron chi connectivity index (χ0n) is 6.21. The van der Waals surface area contributed by atoms with Crippen molar-refractivity contribution in [1.29, 1.82) is 0 Å². The summed E-state index contributed by atoms with van der Waals surface area (Å²) in [6, 6.07) is 0.349. The second-order valence-electron chi connectivity index (χ2n) is 2.84. The third kappa shape index (κ3) is 2.02. The Bertz CT molecular complexity index is 137. The Morgan fingerprint density at radius 2 is 2.50 bits per heavy atom. The highest BCUT2D eigenvalue weighted by Crippen LogP contribution is 2.06. The number of terminal acetylenes is 1. The van der Waals surface area contributed by atoms with E-state index in [9.17, 15) is 0 Å². The van der Waals surface area contributed by atoms with E-state index in [1.54, 1.807) is 0 Å². The highest BCUT2D eigenvalue weighted by atomic mass is 15.1. The lowest BCUT2D eigenvalue weighted by atomic mass is 10.1. The molecule has 0 aromatic rings. The molecule has 1 fully saturated rings. The minimum atomic E-state index is 0.349. The molecular formula is C8H14N2. The van der Waals surface area contributed by atoms with Crippen LogP contribution in [0, 0.1) is 12.3 Å². The van der Waals surface area contributed by atoms with E-state index in [2.05, 4.69) is 10.8 Å². The molecule has 1 aliphatic rings. The largest absolute Gasteiger partial charge is 0.327 e. The smallest absolute Gasteiger partial charge is 0.0599 e. The molecule has 2 N–H and O–H groups in total. The van der Waals surface area contributed by atoms with Gasteiger partial charge in [-0.1, -0.05) is 5.92 Å². The zero-order valence-corrected chi connectivity index (χ0v) is 6.21. The van der Waals surface area contributed by atoms with Gasteiger partial charge >= 0.3 is 0 Å². The second kappa shape index (κ2) is 3.60. The molecule has 0 amide bonds. The average Bonchev–Trinajstić information content (AvgIpc) is 1.88. The van der Waals surface area contributed by atoms with E-state index in [0.29, 0.717) is 6.04 Å². The van der Waals surface area contributed by atoms with Gasteiger partial charge in [-0.3, -0.25) is 4.90 Å². The van der Waals surface area contributed by atoms with Gasteiger partial charge in [0.15, 0.2) is 0 Å². The van der Waals surface area contributed by atoms with Crippen molar-refractivity contribution < 1.29 is 0 Å². The molecule has 0 aromatic heterocycles. The van der Waals surface area contributed by atoms with Crippen LogP contribution in [0.25, 0.3) is 0 Å². The lowest BCUT2D eigenvalue weighted by molar-refractivity contribution is 0.232. The van der Waals surface area contributed by atoms with Crippen LogP contribution in [0.2, 0.25) is 0 Å². The molecule has 0 unspecified atom stereocenters. The van der Waals surface area contributed by atoms with Gasteiger partial charge in [-0.05, 0) is 19.4 Å². The fourth-order valence-electron chi connectivity index (χ4n) is 1.36. The maximum absolute atomic E-state index is 5.75. The highest BCUT2D eigenvalue weighted by molar-refractivity contribution is 4.90. The lowest BCUT2D eigenvalue weighted by Crippen LogP contribution is -2.42. The van der Waals surface area contributed by atoms with Crippen molar-refractivity contribution in [3.63, 3.8) is 0 Å². The maximum atomic E-state index is 5.75. The Morgan fingerprint density at radius 1 is 1.70 bits per heavy atom. The molecule has 2 nitrogen and oxygen atoms in total. The predicted molar refractivity (Wildman–Crippen MR) is 42.5 cm³/mol. The topological polar surface area (TPSA) is 29.3 Å². The maximum Gasteiger partial charge on any atom is 0.0599 e. The SMILES string of the molecule is C#CCN1CCC[C@@H](N)C1. The van der Waals surface area contributed by atoms with Gasteiger partial charge in [0, 0.05) is 12.6 Å². The lowest BCUT2D eigenvalue weighted by Gasteiger charge is -2.28. The van der Waals surface area contributed by atoms with Gasteiger partial charge < -0.3 is 5.73 Å². The van der Waals surface area contributed by atoms with E-state index in [-0.39, 0.29) is 0 Å². The summed E-state index contributed by atoms with van der Waals surface area (Å²) in [4.78, 5) is 2.23. The van der Waals surface area contributed by atoms with Crippen LogP contribution in [0.4, 0.5) is 0 Å². The van der Waals surface area contributed by atoms with Crippen molar-refractivity contribution >= 4 is 0 Å². The molecule has 1 rings (SSSR count). The van der Waals surface area contributed by atoms with Gasteiger partial charge in [-0.2, -0.15) is 0 Å². The normalized spacial score (nSPS) is 27.8. The van der Waals surface area contributed by atoms with Gasteiger partial charge in [0.05, 0.1) is 6.54 Å². The van der Waals surface area contributed by atoms with Crippen molar-refractivity contribution in [3.05, 3.63) is 0 Å². The summed E-state index contributed by atoms with van der Waals surface area (Å²) in [7, 11) is 0. The fraction of sp³-hybridized carbons (Fsp3) is 0.750. The zero-order chi connectivity index (χ0) is 7.40. The minimum absolute atomic E-state index is 0.349. The molecule has 10 heavy (non-hydrogen) atoms. The van der Waals surface area contributed by atoms with Crippen LogP contribution < -0.4 is 5.73 Å². The quantitative estimate of drug-likeness (QED) is 0.518. The first-order chi connectivity index (χ1) is 4.83. The van der Waals surface area contributed by atoms with Gasteiger partial charge in [0.2, 0.25) is 0 Å². The molecule has 0 spiro atoms. The molecule has 0 saturated carbocycles. The van der Waals surface area contributed by atoms with E-state index in [1.165, 1.54) is 6.42 Å². The first-order valence-electron chi connectivity index (χ1n) is 3.74. The van der Waals surface area contributed by atoms with Crippen LogP contribution in [0.3, 0.4) is 0 Å². The molecule has 2 heteroatoms. The van der Waals surface area contributed by atoms with Crippen LogP contribution in [-0.2, 0) is 0 Å². The van der Waals surface area contributed by atoms with Gasteiger partial charge in [0.1, 0.15) is 0 Å². The average molecular weight is 138 g/mol. The monoisotopic (exact) mass is 138 g/mol. The van der Waals surface area contributed by atoms with Crippen LogP contribution in [-0.4, -0.2) is 30.6 Å². The number of hydrogen-bond acceptors (Lipinski definition) is 2. The molecule has 0 radical (unpaired) electrons. The standard InChI is InChI=1S/C8H14N2/c1-2-5-10-6-3-4-8(9)7-10/h1,8H,3-7,9H2/t8-/m1/s1. The number of nitrogens with zero attached hydrogens (tertiary/aromatic N) is 1. The number of piperidine rings is 1. The molecule has 56 valence electrons. The summed E-state index contributed by atoms with van der Waals surface area (Å²) in [6.07, 6.45) is 7.52. The molecule has 0 bridgehead atoms. The highest BCUT2D eigenvalue weighted by Gasteiger charge is 2.14. The minimum Gasteiger partial charge on any atom is -0.327 e. The summed E-state index contributed by atoms with van der Waals surface area (Å²) in [5, 5.41) is 0. The fourth-order valence-corrected chi connectivity index (χ4v) is 1.36. The molecule has 1 aliphatic heterocycles. The molecule has 1 saturated heterocycles. The van der Waals surface area contributed by atoms with Crippen molar-refractivity contribution in [1.82, 2.24) is 4.90 Å². The Hall–Kier alpha value is -0.520. The van der Waals surface area contributed by atoms with Crippen LogP contribution in [0.15, 0.2) is 0 Å². The molecule has 1 atom stereocenters. The van der Waals surface area contributed by atoms with E-state index in [0.717, 1.165) is 26.1 Å². The number of nitrogens with two attached hydrogens (primary N) is 1. The Balaban J connectivity index is 2.27. The van der Waals surface area contributed by atoms with Crippen molar-refractivity contribution in [2.75, 3.05) is 19.6 Å². The summed E-state index contributed by atoms with van der Waals surface area (Å²) in [5.74, 6) is 2.63. The van der Waals surface area contributed by atoms with E-state index < -0.39 is 0 Å². The Labute approximate surface area is 62.4 Å². The summed E-state index contributed by atoms with van der Waals surface area (Å²) >= 11 is 0. The number of likely N-dealkylation sites (tertiary alicyclic amines) is 1. The van der Waals surface area contributed by atoms with Gasteiger partial charge in [0.25, 0.3) is 0 Å². The van der Waals surface area contributed by atoms with E-state index in [1.807, 2.05) is 0 Å².